The molecule has 0 aliphatic carbocycles. The number of nitrogen functional groups attached to an aromatic ring is 1. The molecule has 2 rings (SSSR count). The first-order valence-electron chi connectivity index (χ1n) is 5.68. The summed E-state index contributed by atoms with van der Waals surface area (Å²) >= 11 is 0. The van der Waals surface area contributed by atoms with Crippen molar-refractivity contribution >= 4 is 17.6 Å². The molecular formula is C14H12N2O4. The second kappa shape index (κ2) is 5.31. The molecule has 0 radical (unpaired) electrons. The highest BCUT2D eigenvalue weighted by molar-refractivity contribution is 5.94. The first kappa shape index (κ1) is 13.4. The van der Waals surface area contributed by atoms with Crippen molar-refractivity contribution in [3.8, 4) is 11.5 Å². The monoisotopic (exact) mass is 272 g/mol. The van der Waals surface area contributed by atoms with Crippen LogP contribution in [0.15, 0.2) is 42.5 Å². The predicted molar refractivity (Wildman–Crippen MR) is 72.8 cm³/mol. The summed E-state index contributed by atoms with van der Waals surface area (Å²) in [4.78, 5) is 21.9. The average molecular weight is 272 g/mol. The summed E-state index contributed by atoms with van der Waals surface area (Å²) in [6.45, 7) is 0. The van der Waals surface area contributed by atoms with Gasteiger partial charge in [0.05, 0.1) is 5.56 Å². The number of amides is 1. The molecule has 0 aromatic heterocycles. The van der Waals surface area contributed by atoms with Crippen molar-refractivity contribution < 1.29 is 19.4 Å². The Hall–Kier alpha value is -3.02. The number of carbonyl (C=O) groups excluding carboxylic acids is 1. The van der Waals surface area contributed by atoms with Crippen molar-refractivity contribution in [2.24, 2.45) is 5.73 Å². The average Bonchev–Trinajstić information content (AvgIpc) is 2.41. The van der Waals surface area contributed by atoms with Crippen LogP contribution >= 0.6 is 0 Å². The normalized spacial score (nSPS) is 10.0. The van der Waals surface area contributed by atoms with Crippen LogP contribution in [0.3, 0.4) is 0 Å². The third kappa shape index (κ3) is 2.86. The molecule has 6 nitrogen and oxygen atoms in total. The Morgan fingerprint density at radius 2 is 1.60 bits per heavy atom. The number of aromatic carboxylic acids is 1. The van der Waals surface area contributed by atoms with Crippen LogP contribution in [0.4, 0.5) is 5.69 Å². The van der Waals surface area contributed by atoms with Gasteiger partial charge in [-0.25, -0.2) is 4.79 Å². The minimum absolute atomic E-state index is 0.0312. The van der Waals surface area contributed by atoms with E-state index in [2.05, 4.69) is 0 Å². The number of nitrogens with two attached hydrogens (primary N) is 2. The molecule has 0 atom stereocenters. The molecule has 102 valence electrons. The van der Waals surface area contributed by atoms with Gasteiger partial charge in [0, 0.05) is 11.3 Å². The molecule has 0 saturated carbocycles. The number of anilines is 1. The molecule has 2 aromatic rings. The Labute approximate surface area is 114 Å². The van der Waals surface area contributed by atoms with E-state index >= 15 is 0 Å². The fourth-order valence-corrected chi connectivity index (χ4v) is 1.61. The van der Waals surface area contributed by atoms with Gasteiger partial charge in [0.1, 0.15) is 11.5 Å². The smallest absolute Gasteiger partial charge is 0.337 e. The van der Waals surface area contributed by atoms with Gasteiger partial charge in [-0.05, 0) is 42.5 Å². The van der Waals surface area contributed by atoms with Gasteiger partial charge in [-0.3, -0.25) is 4.79 Å². The van der Waals surface area contributed by atoms with E-state index in [0.29, 0.717) is 17.1 Å². The number of carboxylic acids is 1. The summed E-state index contributed by atoms with van der Waals surface area (Å²) in [5, 5.41) is 8.97. The maximum Gasteiger partial charge on any atom is 0.337 e. The molecule has 0 fully saturated rings. The number of benzene rings is 2. The van der Waals surface area contributed by atoms with E-state index < -0.39 is 11.9 Å². The number of hydrogen-bond donors (Lipinski definition) is 3. The van der Waals surface area contributed by atoms with E-state index in [0.717, 1.165) is 0 Å². The van der Waals surface area contributed by atoms with Crippen LogP contribution in [0.2, 0.25) is 0 Å². The zero-order chi connectivity index (χ0) is 14.7. The van der Waals surface area contributed by atoms with Crippen LogP contribution in [0.25, 0.3) is 0 Å². The van der Waals surface area contributed by atoms with Crippen molar-refractivity contribution in [2.45, 2.75) is 0 Å². The number of carboxylic acid groups (broad SMARTS) is 1. The molecule has 0 heterocycles. The van der Waals surface area contributed by atoms with Crippen LogP contribution in [0, 0.1) is 0 Å². The maximum atomic E-state index is 11.0. The molecule has 5 N–H and O–H groups in total. The van der Waals surface area contributed by atoms with Gasteiger partial charge in [0.2, 0.25) is 5.91 Å². The summed E-state index contributed by atoms with van der Waals surface area (Å²) in [6, 6.07) is 10.5. The largest absolute Gasteiger partial charge is 0.478 e. The quantitative estimate of drug-likeness (QED) is 0.734. The first-order valence-corrected chi connectivity index (χ1v) is 5.68. The molecule has 6 heteroatoms. The minimum atomic E-state index is -1.13. The second-order valence-electron chi connectivity index (χ2n) is 4.04. The Kier molecular flexibility index (Phi) is 3.56. The lowest BCUT2D eigenvalue weighted by molar-refractivity contribution is 0.0697. The fraction of sp³-hybridized carbons (Fsp3) is 0. The van der Waals surface area contributed by atoms with Crippen molar-refractivity contribution in [1.82, 2.24) is 0 Å². The summed E-state index contributed by atoms with van der Waals surface area (Å²) in [6.07, 6.45) is 0. The Balaban J connectivity index is 2.23. The summed E-state index contributed by atoms with van der Waals surface area (Å²) in [5.41, 5.74) is 11.2. The van der Waals surface area contributed by atoms with E-state index in [9.17, 15) is 9.59 Å². The van der Waals surface area contributed by atoms with Gasteiger partial charge < -0.3 is 21.3 Å². The molecule has 0 aliphatic heterocycles. The zero-order valence-electron chi connectivity index (χ0n) is 10.4. The lowest BCUT2D eigenvalue weighted by Gasteiger charge is -2.08. The molecule has 0 saturated heterocycles. The summed E-state index contributed by atoms with van der Waals surface area (Å²) < 4.78 is 5.49. The molecule has 0 unspecified atom stereocenters. The van der Waals surface area contributed by atoms with Crippen LogP contribution in [-0.2, 0) is 0 Å². The highest BCUT2D eigenvalue weighted by Crippen LogP contribution is 2.25. The Morgan fingerprint density at radius 1 is 1.00 bits per heavy atom. The number of rotatable bonds is 4. The molecular weight excluding hydrogens is 260 g/mol. The van der Waals surface area contributed by atoms with Crippen LogP contribution in [0.1, 0.15) is 20.7 Å². The molecule has 0 aliphatic rings. The molecule has 20 heavy (non-hydrogen) atoms. The molecule has 1 amide bonds. The topological polar surface area (TPSA) is 116 Å². The van der Waals surface area contributed by atoms with Crippen molar-refractivity contribution in [2.75, 3.05) is 5.73 Å². The third-order valence-corrected chi connectivity index (χ3v) is 2.63. The van der Waals surface area contributed by atoms with Crippen LogP contribution in [-0.4, -0.2) is 17.0 Å². The van der Waals surface area contributed by atoms with Crippen molar-refractivity contribution in [3.63, 3.8) is 0 Å². The SMILES string of the molecule is NC(=O)c1ccc(Oc2ccc(N)c(C(=O)O)c2)cc1. The zero-order valence-corrected chi connectivity index (χ0v) is 10.4. The van der Waals surface area contributed by atoms with E-state index in [1.54, 1.807) is 18.2 Å². The Morgan fingerprint density at radius 3 is 2.15 bits per heavy atom. The number of carbonyl (C=O) groups is 2. The third-order valence-electron chi connectivity index (χ3n) is 2.63. The summed E-state index contributed by atoms with van der Waals surface area (Å²) in [5.74, 6) is -0.867. The van der Waals surface area contributed by atoms with Gasteiger partial charge in [0.25, 0.3) is 0 Å². The molecule has 0 bridgehead atoms. The van der Waals surface area contributed by atoms with Gasteiger partial charge >= 0.3 is 5.97 Å². The number of ether oxygens (including phenoxy) is 1. The number of hydrogen-bond acceptors (Lipinski definition) is 4. The van der Waals surface area contributed by atoms with Crippen LogP contribution in [0.5, 0.6) is 11.5 Å². The summed E-state index contributed by atoms with van der Waals surface area (Å²) in [7, 11) is 0. The van der Waals surface area contributed by atoms with E-state index in [1.807, 2.05) is 0 Å². The van der Waals surface area contributed by atoms with Crippen molar-refractivity contribution in [1.29, 1.82) is 0 Å². The fourth-order valence-electron chi connectivity index (χ4n) is 1.61. The molecule has 2 aromatic carbocycles. The highest BCUT2D eigenvalue weighted by Gasteiger charge is 2.10. The standard InChI is InChI=1S/C14H12N2O4/c15-12-6-5-10(7-11(12)14(18)19)20-9-3-1-8(2-4-9)13(16)17/h1-7H,15H2,(H2,16,17)(H,18,19). The van der Waals surface area contributed by atoms with Crippen molar-refractivity contribution in [3.05, 3.63) is 53.6 Å². The minimum Gasteiger partial charge on any atom is -0.478 e. The highest BCUT2D eigenvalue weighted by atomic mass is 16.5. The lowest BCUT2D eigenvalue weighted by atomic mass is 10.1. The number of primary amides is 1. The maximum absolute atomic E-state index is 11.0. The van der Waals surface area contributed by atoms with Gasteiger partial charge in [0.15, 0.2) is 0 Å². The van der Waals surface area contributed by atoms with Gasteiger partial charge in [-0.1, -0.05) is 0 Å². The van der Waals surface area contributed by atoms with Gasteiger partial charge in [-0.15, -0.1) is 0 Å². The van der Waals surface area contributed by atoms with E-state index in [-0.39, 0.29) is 11.3 Å². The predicted octanol–water partition coefficient (Wildman–Crippen LogP) is 1.86. The molecule has 0 spiro atoms. The lowest BCUT2D eigenvalue weighted by Crippen LogP contribution is -2.10. The van der Waals surface area contributed by atoms with Gasteiger partial charge in [-0.2, -0.15) is 0 Å². The van der Waals surface area contributed by atoms with E-state index in [1.165, 1.54) is 24.3 Å². The first-order chi connectivity index (χ1) is 9.47. The van der Waals surface area contributed by atoms with Crippen LogP contribution < -0.4 is 16.2 Å². The Bertz CT molecular complexity index is 665. The second-order valence-corrected chi connectivity index (χ2v) is 4.04. The van der Waals surface area contributed by atoms with E-state index in [4.69, 9.17) is 21.3 Å².